The van der Waals surface area contributed by atoms with Gasteiger partial charge in [0.15, 0.2) is 11.6 Å². The molecule has 2 rings (SSSR count). The molecule has 0 aliphatic rings. The van der Waals surface area contributed by atoms with Crippen LogP contribution in [0.3, 0.4) is 0 Å². The standard InChI is InChI=1S/C10H12FN5/c1-2-16-14-7-8(15-16)6-13-10-9(11)4-3-5-12-10/h3-5,7H,2,6H2,1H3,(H,12,13). The Balaban J connectivity index is 1.99. The second-order valence-electron chi connectivity index (χ2n) is 3.21. The predicted molar refractivity (Wildman–Crippen MR) is 57.2 cm³/mol. The third kappa shape index (κ3) is 2.33. The molecule has 0 aromatic carbocycles. The van der Waals surface area contributed by atoms with Crippen LogP contribution in [-0.2, 0) is 13.1 Å². The van der Waals surface area contributed by atoms with Crippen molar-refractivity contribution in [1.82, 2.24) is 20.0 Å². The highest BCUT2D eigenvalue weighted by molar-refractivity contribution is 5.35. The Labute approximate surface area is 92.3 Å². The van der Waals surface area contributed by atoms with Crippen molar-refractivity contribution in [2.75, 3.05) is 5.32 Å². The molecule has 1 N–H and O–H groups in total. The van der Waals surface area contributed by atoms with Gasteiger partial charge in [-0.15, -0.1) is 0 Å². The smallest absolute Gasteiger partial charge is 0.165 e. The second kappa shape index (κ2) is 4.69. The lowest BCUT2D eigenvalue weighted by Gasteiger charge is -2.03. The molecule has 0 fully saturated rings. The number of rotatable bonds is 4. The highest BCUT2D eigenvalue weighted by Crippen LogP contribution is 2.09. The maximum atomic E-state index is 13.2. The van der Waals surface area contributed by atoms with E-state index in [0.717, 1.165) is 12.2 Å². The van der Waals surface area contributed by atoms with Gasteiger partial charge in [-0.05, 0) is 19.1 Å². The van der Waals surface area contributed by atoms with Gasteiger partial charge in [0.1, 0.15) is 5.69 Å². The van der Waals surface area contributed by atoms with Gasteiger partial charge in [-0.3, -0.25) is 0 Å². The van der Waals surface area contributed by atoms with Crippen LogP contribution in [0.5, 0.6) is 0 Å². The number of aryl methyl sites for hydroxylation is 1. The third-order valence-electron chi connectivity index (χ3n) is 2.06. The number of pyridine rings is 1. The quantitative estimate of drug-likeness (QED) is 0.848. The van der Waals surface area contributed by atoms with Gasteiger partial charge >= 0.3 is 0 Å². The predicted octanol–water partition coefficient (Wildman–Crippen LogP) is 1.44. The van der Waals surface area contributed by atoms with Crippen LogP contribution < -0.4 is 5.32 Å². The van der Waals surface area contributed by atoms with Crippen molar-refractivity contribution in [2.24, 2.45) is 0 Å². The average Bonchev–Trinajstić information content (AvgIpc) is 2.76. The van der Waals surface area contributed by atoms with E-state index in [1.54, 1.807) is 17.1 Å². The number of anilines is 1. The normalized spacial score (nSPS) is 10.4. The van der Waals surface area contributed by atoms with Crippen LogP contribution in [-0.4, -0.2) is 20.0 Å². The van der Waals surface area contributed by atoms with E-state index in [4.69, 9.17) is 0 Å². The Hall–Kier alpha value is -1.98. The van der Waals surface area contributed by atoms with Crippen LogP contribution in [0.2, 0.25) is 0 Å². The van der Waals surface area contributed by atoms with E-state index in [9.17, 15) is 4.39 Å². The maximum Gasteiger partial charge on any atom is 0.165 e. The minimum atomic E-state index is -0.370. The van der Waals surface area contributed by atoms with Crippen LogP contribution in [0, 0.1) is 5.82 Å². The summed E-state index contributed by atoms with van der Waals surface area (Å²) in [7, 11) is 0. The van der Waals surface area contributed by atoms with E-state index >= 15 is 0 Å². The molecule has 2 aromatic heterocycles. The van der Waals surface area contributed by atoms with E-state index in [1.165, 1.54) is 12.3 Å². The number of nitrogens with zero attached hydrogens (tertiary/aromatic N) is 4. The van der Waals surface area contributed by atoms with Crippen LogP contribution in [0.15, 0.2) is 24.5 Å². The third-order valence-corrected chi connectivity index (χ3v) is 2.06. The van der Waals surface area contributed by atoms with Crippen molar-refractivity contribution in [3.05, 3.63) is 36.0 Å². The Morgan fingerprint density at radius 1 is 1.50 bits per heavy atom. The Bertz CT molecular complexity index is 468. The van der Waals surface area contributed by atoms with Gasteiger partial charge in [0, 0.05) is 6.20 Å². The lowest BCUT2D eigenvalue weighted by molar-refractivity contribution is 0.564. The fourth-order valence-electron chi connectivity index (χ4n) is 1.26. The molecule has 2 aromatic rings. The number of hydrogen-bond acceptors (Lipinski definition) is 4. The van der Waals surface area contributed by atoms with E-state index in [2.05, 4.69) is 20.5 Å². The summed E-state index contributed by atoms with van der Waals surface area (Å²) in [5.41, 5.74) is 0.756. The molecule has 6 heteroatoms. The van der Waals surface area contributed by atoms with Gasteiger partial charge in [0.2, 0.25) is 0 Å². The van der Waals surface area contributed by atoms with Crippen molar-refractivity contribution in [2.45, 2.75) is 20.0 Å². The summed E-state index contributed by atoms with van der Waals surface area (Å²) in [5.74, 6) is -0.140. The summed E-state index contributed by atoms with van der Waals surface area (Å²) < 4.78 is 13.2. The number of hydrogen-bond donors (Lipinski definition) is 1. The summed E-state index contributed by atoms with van der Waals surface area (Å²) in [5, 5.41) is 11.1. The Morgan fingerprint density at radius 2 is 2.38 bits per heavy atom. The van der Waals surface area contributed by atoms with Gasteiger partial charge in [0.25, 0.3) is 0 Å². The zero-order valence-electron chi connectivity index (χ0n) is 8.89. The van der Waals surface area contributed by atoms with Crippen LogP contribution in [0.4, 0.5) is 10.2 Å². The Morgan fingerprint density at radius 3 is 3.06 bits per heavy atom. The SMILES string of the molecule is CCn1ncc(CNc2ncccc2F)n1. The van der Waals surface area contributed by atoms with Gasteiger partial charge < -0.3 is 5.32 Å². The lowest BCUT2D eigenvalue weighted by atomic mass is 10.4. The topological polar surface area (TPSA) is 55.6 Å². The van der Waals surface area contributed by atoms with E-state index in [1.807, 2.05) is 6.92 Å². The van der Waals surface area contributed by atoms with Gasteiger partial charge in [0.05, 0.1) is 19.3 Å². The maximum absolute atomic E-state index is 13.2. The molecule has 0 spiro atoms. The lowest BCUT2D eigenvalue weighted by Crippen LogP contribution is -2.05. The average molecular weight is 221 g/mol. The van der Waals surface area contributed by atoms with Crippen LogP contribution >= 0.6 is 0 Å². The van der Waals surface area contributed by atoms with Crippen LogP contribution in [0.25, 0.3) is 0 Å². The summed E-state index contributed by atoms with van der Waals surface area (Å²) in [6.45, 7) is 3.08. The van der Waals surface area contributed by atoms with Crippen LogP contribution in [0.1, 0.15) is 12.6 Å². The first-order valence-corrected chi connectivity index (χ1v) is 5.03. The molecular formula is C10H12FN5. The first kappa shape index (κ1) is 10.5. The molecule has 5 nitrogen and oxygen atoms in total. The summed E-state index contributed by atoms with van der Waals surface area (Å²) in [6, 6.07) is 2.91. The van der Waals surface area contributed by atoms with Gasteiger partial charge in [-0.1, -0.05) is 0 Å². The molecule has 0 saturated carbocycles. The number of aromatic nitrogens is 4. The highest BCUT2D eigenvalue weighted by Gasteiger charge is 2.03. The first-order chi connectivity index (χ1) is 7.79. The minimum absolute atomic E-state index is 0.230. The second-order valence-corrected chi connectivity index (χ2v) is 3.21. The van der Waals surface area contributed by atoms with Gasteiger partial charge in [-0.25, -0.2) is 9.37 Å². The van der Waals surface area contributed by atoms with Crippen molar-refractivity contribution in [3.63, 3.8) is 0 Å². The van der Waals surface area contributed by atoms with E-state index in [-0.39, 0.29) is 11.6 Å². The highest BCUT2D eigenvalue weighted by atomic mass is 19.1. The largest absolute Gasteiger partial charge is 0.362 e. The fraction of sp³-hybridized carbons (Fsp3) is 0.300. The molecule has 0 unspecified atom stereocenters. The summed E-state index contributed by atoms with van der Waals surface area (Å²) >= 11 is 0. The molecule has 2 heterocycles. The monoisotopic (exact) mass is 221 g/mol. The van der Waals surface area contributed by atoms with Crippen molar-refractivity contribution >= 4 is 5.82 Å². The van der Waals surface area contributed by atoms with Gasteiger partial charge in [-0.2, -0.15) is 15.0 Å². The molecule has 0 amide bonds. The molecule has 0 aliphatic heterocycles. The number of nitrogens with one attached hydrogen (secondary N) is 1. The fourth-order valence-corrected chi connectivity index (χ4v) is 1.26. The van der Waals surface area contributed by atoms with Crippen molar-refractivity contribution in [1.29, 1.82) is 0 Å². The van der Waals surface area contributed by atoms with Crippen molar-refractivity contribution in [3.8, 4) is 0 Å². The zero-order chi connectivity index (χ0) is 11.4. The molecular weight excluding hydrogens is 209 g/mol. The molecule has 0 saturated heterocycles. The molecule has 84 valence electrons. The zero-order valence-corrected chi connectivity index (χ0v) is 8.89. The number of halogens is 1. The van der Waals surface area contributed by atoms with Crippen molar-refractivity contribution < 1.29 is 4.39 Å². The first-order valence-electron chi connectivity index (χ1n) is 5.03. The minimum Gasteiger partial charge on any atom is -0.362 e. The summed E-state index contributed by atoms with van der Waals surface area (Å²) in [4.78, 5) is 5.45. The molecule has 0 aliphatic carbocycles. The molecule has 0 bridgehead atoms. The molecule has 16 heavy (non-hydrogen) atoms. The van der Waals surface area contributed by atoms with E-state index in [0.29, 0.717) is 6.54 Å². The van der Waals surface area contributed by atoms with E-state index < -0.39 is 0 Å². The molecule has 0 atom stereocenters. The Kier molecular flexibility index (Phi) is 3.09. The molecule has 0 radical (unpaired) electrons. The summed E-state index contributed by atoms with van der Waals surface area (Å²) in [6.07, 6.45) is 3.19.